The molecule has 1 heterocycles. The molecule has 0 saturated carbocycles. The van der Waals surface area contributed by atoms with Gasteiger partial charge in [0.1, 0.15) is 12.3 Å². The molecule has 2 aromatic carbocycles. The number of carboxylic acids is 1. The standard InChI is InChI=1S/C22H23N3O4S/c1-24(13-20(26)27)21(28)16-9-7-15(8-10-16)12-25(2)22-23-19(14-30-22)17-5-4-6-18(11-17)29-3/h4-11,14H,12-13H2,1-3H3,(H,26,27). The van der Waals surface area contributed by atoms with Crippen LogP contribution in [0.3, 0.4) is 0 Å². The lowest BCUT2D eigenvalue weighted by Crippen LogP contribution is -2.31. The molecule has 0 atom stereocenters. The average Bonchev–Trinajstić information content (AvgIpc) is 3.24. The lowest BCUT2D eigenvalue weighted by molar-refractivity contribution is -0.137. The number of benzene rings is 2. The van der Waals surface area contributed by atoms with Crippen molar-refractivity contribution in [1.82, 2.24) is 9.88 Å². The van der Waals surface area contributed by atoms with Crippen molar-refractivity contribution in [3.05, 3.63) is 65.0 Å². The highest BCUT2D eigenvalue weighted by molar-refractivity contribution is 7.14. The zero-order chi connectivity index (χ0) is 21.7. The van der Waals surface area contributed by atoms with Gasteiger partial charge in [0.05, 0.1) is 12.8 Å². The molecule has 0 aliphatic carbocycles. The summed E-state index contributed by atoms with van der Waals surface area (Å²) in [5, 5.41) is 11.7. The minimum Gasteiger partial charge on any atom is -0.497 e. The molecule has 3 rings (SSSR count). The van der Waals surface area contributed by atoms with E-state index in [1.165, 1.54) is 11.9 Å². The third-order valence-corrected chi connectivity index (χ3v) is 5.48. The van der Waals surface area contributed by atoms with E-state index in [0.29, 0.717) is 12.1 Å². The second kappa shape index (κ2) is 9.41. The van der Waals surface area contributed by atoms with Gasteiger partial charge in [0, 0.05) is 37.1 Å². The fraction of sp³-hybridized carbons (Fsp3) is 0.227. The summed E-state index contributed by atoms with van der Waals surface area (Å²) in [5.74, 6) is -0.569. The molecule has 0 aliphatic heterocycles. The maximum absolute atomic E-state index is 12.3. The minimum absolute atomic E-state index is 0.319. The van der Waals surface area contributed by atoms with Gasteiger partial charge in [0.2, 0.25) is 0 Å². The normalized spacial score (nSPS) is 10.5. The molecule has 1 amide bonds. The van der Waals surface area contributed by atoms with Gasteiger partial charge < -0.3 is 19.6 Å². The topological polar surface area (TPSA) is 83.0 Å². The van der Waals surface area contributed by atoms with Crippen LogP contribution < -0.4 is 9.64 Å². The molecule has 8 heteroatoms. The molecule has 0 fully saturated rings. The largest absolute Gasteiger partial charge is 0.497 e. The number of amides is 1. The van der Waals surface area contributed by atoms with Crippen LogP contribution in [0.25, 0.3) is 11.3 Å². The molecule has 0 unspecified atom stereocenters. The molecule has 1 aromatic heterocycles. The molecule has 0 radical (unpaired) electrons. The number of hydrogen-bond acceptors (Lipinski definition) is 6. The molecule has 0 aliphatic rings. The summed E-state index contributed by atoms with van der Waals surface area (Å²) in [7, 11) is 5.08. The fourth-order valence-corrected chi connectivity index (χ4v) is 3.75. The van der Waals surface area contributed by atoms with Gasteiger partial charge in [-0.05, 0) is 29.8 Å². The van der Waals surface area contributed by atoms with Gasteiger partial charge in [-0.1, -0.05) is 24.3 Å². The number of carbonyl (C=O) groups excluding carboxylic acids is 1. The Morgan fingerprint density at radius 3 is 2.53 bits per heavy atom. The van der Waals surface area contributed by atoms with Crippen LogP contribution in [0.15, 0.2) is 53.9 Å². The Balaban J connectivity index is 1.66. The average molecular weight is 426 g/mol. The van der Waals surface area contributed by atoms with Crippen molar-refractivity contribution in [3.63, 3.8) is 0 Å². The van der Waals surface area contributed by atoms with E-state index in [9.17, 15) is 9.59 Å². The molecular formula is C22H23N3O4S. The SMILES string of the molecule is COc1cccc(-c2csc(N(C)Cc3ccc(C(=O)N(C)CC(=O)O)cc3)n2)c1. The Morgan fingerprint density at radius 2 is 1.87 bits per heavy atom. The highest BCUT2D eigenvalue weighted by atomic mass is 32.1. The van der Waals surface area contributed by atoms with Gasteiger partial charge in [0.25, 0.3) is 5.91 Å². The van der Waals surface area contributed by atoms with E-state index in [0.717, 1.165) is 27.7 Å². The van der Waals surface area contributed by atoms with E-state index in [1.807, 2.05) is 53.7 Å². The third kappa shape index (κ3) is 5.15. The number of aromatic nitrogens is 1. The summed E-state index contributed by atoms with van der Waals surface area (Å²) in [6, 6.07) is 15.0. The predicted molar refractivity (Wildman–Crippen MR) is 117 cm³/mol. The first-order valence-electron chi connectivity index (χ1n) is 9.24. The monoisotopic (exact) mass is 425 g/mol. The first-order valence-corrected chi connectivity index (χ1v) is 10.1. The van der Waals surface area contributed by atoms with Crippen LogP contribution in [0.5, 0.6) is 5.75 Å². The molecule has 30 heavy (non-hydrogen) atoms. The second-order valence-electron chi connectivity index (χ2n) is 6.86. The molecule has 156 valence electrons. The lowest BCUT2D eigenvalue weighted by atomic mass is 10.1. The summed E-state index contributed by atoms with van der Waals surface area (Å²) in [5.41, 5.74) is 3.37. The number of methoxy groups -OCH3 is 1. The highest BCUT2D eigenvalue weighted by Gasteiger charge is 2.15. The van der Waals surface area contributed by atoms with Crippen LogP contribution in [-0.2, 0) is 11.3 Å². The molecule has 1 N–H and O–H groups in total. The number of ether oxygens (including phenoxy) is 1. The molecule has 7 nitrogen and oxygen atoms in total. The van der Waals surface area contributed by atoms with Crippen molar-refractivity contribution in [2.75, 3.05) is 32.6 Å². The van der Waals surface area contributed by atoms with Crippen LogP contribution >= 0.6 is 11.3 Å². The number of aliphatic carboxylic acids is 1. The maximum atomic E-state index is 12.3. The van der Waals surface area contributed by atoms with Gasteiger partial charge in [-0.25, -0.2) is 4.98 Å². The number of likely N-dealkylation sites (N-methyl/N-ethyl adjacent to an activating group) is 1. The van der Waals surface area contributed by atoms with Crippen molar-refractivity contribution in [3.8, 4) is 17.0 Å². The van der Waals surface area contributed by atoms with E-state index in [4.69, 9.17) is 14.8 Å². The van der Waals surface area contributed by atoms with Crippen molar-refractivity contribution >= 4 is 28.3 Å². The van der Waals surface area contributed by atoms with E-state index in [1.54, 1.807) is 30.6 Å². The fourth-order valence-electron chi connectivity index (χ4n) is 2.94. The van der Waals surface area contributed by atoms with Gasteiger partial charge >= 0.3 is 5.97 Å². The Hall–Kier alpha value is -3.39. The van der Waals surface area contributed by atoms with Crippen molar-refractivity contribution in [1.29, 1.82) is 0 Å². The molecule has 3 aromatic rings. The molecule has 0 saturated heterocycles. The Bertz CT molecular complexity index is 1030. The Morgan fingerprint density at radius 1 is 1.13 bits per heavy atom. The first-order chi connectivity index (χ1) is 14.4. The summed E-state index contributed by atoms with van der Waals surface area (Å²) in [4.78, 5) is 31.0. The van der Waals surface area contributed by atoms with E-state index < -0.39 is 5.97 Å². The van der Waals surface area contributed by atoms with Gasteiger partial charge in [0.15, 0.2) is 5.13 Å². The molecule has 0 spiro atoms. The van der Waals surface area contributed by atoms with Crippen LogP contribution in [0, 0.1) is 0 Å². The molecule has 0 bridgehead atoms. The first kappa shape index (κ1) is 21.3. The second-order valence-corrected chi connectivity index (χ2v) is 7.69. The van der Waals surface area contributed by atoms with Crippen LogP contribution in [0.1, 0.15) is 15.9 Å². The van der Waals surface area contributed by atoms with Crippen molar-refractivity contribution < 1.29 is 19.4 Å². The smallest absolute Gasteiger partial charge is 0.323 e. The number of thiazole rings is 1. The van der Waals surface area contributed by atoms with Crippen LogP contribution in [0.4, 0.5) is 5.13 Å². The minimum atomic E-state index is -1.04. The summed E-state index contributed by atoms with van der Waals surface area (Å²) < 4.78 is 5.28. The quantitative estimate of drug-likeness (QED) is 0.594. The van der Waals surface area contributed by atoms with Crippen LogP contribution in [-0.4, -0.2) is 54.6 Å². The predicted octanol–water partition coefficient (Wildman–Crippen LogP) is 3.61. The summed E-state index contributed by atoms with van der Waals surface area (Å²) in [6.45, 7) is 0.299. The highest BCUT2D eigenvalue weighted by Crippen LogP contribution is 2.29. The Labute approximate surface area is 179 Å². The van der Waals surface area contributed by atoms with Crippen molar-refractivity contribution in [2.45, 2.75) is 6.54 Å². The third-order valence-electron chi connectivity index (χ3n) is 4.52. The number of rotatable bonds is 8. The zero-order valence-corrected chi connectivity index (χ0v) is 17.8. The number of anilines is 1. The van der Waals surface area contributed by atoms with Gasteiger partial charge in [-0.15, -0.1) is 11.3 Å². The van der Waals surface area contributed by atoms with Crippen LogP contribution in [0.2, 0.25) is 0 Å². The summed E-state index contributed by atoms with van der Waals surface area (Å²) in [6.07, 6.45) is 0. The molecular weight excluding hydrogens is 402 g/mol. The van der Waals surface area contributed by atoms with Gasteiger partial charge in [-0.2, -0.15) is 0 Å². The zero-order valence-electron chi connectivity index (χ0n) is 17.0. The van der Waals surface area contributed by atoms with Crippen molar-refractivity contribution in [2.24, 2.45) is 0 Å². The van der Waals surface area contributed by atoms with E-state index in [2.05, 4.69) is 0 Å². The summed E-state index contributed by atoms with van der Waals surface area (Å²) >= 11 is 1.56. The number of carbonyl (C=O) groups is 2. The number of carboxylic acid groups (broad SMARTS) is 1. The van der Waals surface area contributed by atoms with E-state index in [-0.39, 0.29) is 12.5 Å². The number of nitrogens with zero attached hydrogens (tertiary/aromatic N) is 3. The Kier molecular flexibility index (Phi) is 6.68. The lowest BCUT2D eigenvalue weighted by Gasteiger charge is -2.17. The van der Waals surface area contributed by atoms with Gasteiger partial charge in [-0.3, -0.25) is 9.59 Å². The number of hydrogen-bond donors (Lipinski definition) is 1. The van der Waals surface area contributed by atoms with E-state index >= 15 is 0 Å². The maximum Gasteiger partial charge on any atom is 0.323 e.